The highest BCUT2D eigenvalue weighted by atomic mass is 32.2. The number of hydrogen-bond acceptors (Lipinski definition) is 4. The summed E-state index contributed by atoms with van der Waals surface area (Å²) in [5.74, 6) is 1.26. The standard InChI is InChI=1S/C15H27NOS2/c1-4-7-16-15(13-6-5-8-17-9-13)14-10-18-11(2)12(3)19-14/h9,11-12,14-16H,4-8,10H2,1-3H3. The highest BCUT2D eigenvalue weighted by molar-refractivity contribution is 8.07. The molecule has 0 amide bonds. The van der Waals surface area contributed by atoms with Crippen LogP contribution in [0.1, 0.15) is 40.0 Å². The van der Waals surface area contributed by atoms with Crippen LogP contribution in [0.15, 0.2) is 11.8 Å². The molecule has 4 heteroatoms. The Labute approximate surface area is 126 Å². The Bertz CT molecular complexity index is 309. The van der Waals surface area contributed by atoms with E-state index in [1.54, 1.807) is 0 Å². The normalized spacial score (nSPS) is 33.4. The van der Waals surface area contributed by atoms with Crippen molar-refractivity contribution >= 4 is 23.5 Å². The molecule has 2 aliphatic rings. The third kappa shape index (κ3) is 4.33. The van der Waals surface area contributed by atoms with Gasteiger partial charge >= 0.3 is 0 Å². The minimum atomic E-state index is 0.507. The average molecular weight is 302 g/mol. The molecule has 0 aromatic rings. The van der Waals surface area contributed by atoms with Gasteiger partial charge in [-0.3, -0.25) is 0 Å². The van der Waals surface area contributed by atoms with Crippen molar-refractivity contribution in [2.24, 2.45) is 0 Å². The molecule has 0 radical (unpaired) electrons. The molecule has 2 nitrogen and oxygen atoms in total. The maximum Gasteiger partial charge on any atom is 0.0876 e. The van der Waals surface area contributed by atoms with Crippen LogP contribution in [0.25, 0.3) is 0 Å². The van der Waals surface area contributed by atoms with Crippen LogP contribution in [-0.4, -0.2) is 40.7 Å². The van der Waals surface area contributed by atoms with Crippen molar-refractivity contribution in [3.05, 3.63) is 11.8 Å². The summed E-state index contributed by atoms with van der Waals surface area (Å²) < 4.78 is 5.56. The smallest absolute Gasteiger partial charge is 0.0876 e. The van der Waals surface area contributed by atoms with Gasteiger partial charge in [0.1, 0.15) is 0 Å². The lowest BCUT2D eigenvalue weighted by atomic mass is 9.99. The first-order valence-electron chi connectivity index (χ1n) is 7.53. The van der Waals surface area contributed by atoms with Crippen LogP contribution in [0.3, 0.4) is 0 Å². The highest BCUT2D eigenvalue weighted by Crippen LogP contribution is 2.39. The third-order valence-corrected chi connectivity index (χ3v) is 7.42. The topological polar surface area (TPSA) is 21.3 Å². The van der Waals surface area contributed by atoms with Crippen molar-refractivity contribution < 1.29 is 4.74 Å². The molecule has 110 valence electrons. The molecule has 1 saturated heterocycles. The van der Waals surface area contributed by atoms with Crippen LogP contribution in [0.5, 0.6) is 0 Å². The van der Waals surface area contributed by atoms with Gasteiger partial charge in [-0.15, -0.1) is 0 Å². The van der Waals surface area contributed by atoms with Crippen LogP contribution in [-0.2, 0) is 4.74 Å². The Morgan fingerprint density at radius 1 is 1.42 bits per heavy atom. The average Bonchev–Trinajstić information content (AvgIpc) is 2.44. The van der Waals surface area contributed by atoms with E-state index in [2.05, 4.69) is 49.6 Å². The Hall–Kier alpha value is 0.200. The molecule has 2 rings (SSSR count). The number of rotatable bonds is 5. The van der Waals surface area contributed by atoms with Crippen molar-refractivity contribution in [2.45, 2.75) is 61.8 Å². The quantitative estimate of drug-likeness (QED) is 0.836. The van der Waals surface area contributed by atoms with Gasteiger partial charge in [-0.2, -0.15) is 23.5 Å². The lowest BCUT2D eigenvalue weighted by molar-refractivity contribution is 0.219. The maximum absolute atomic E-state index is 5.56. The van der Waals surface area contributed by atoms with E-state index < -0.39 is 0 Å². The fraction of sp³-hybridized carbons (Fsp3) is 0.867. The molecular weight excluding hydrogens is 274 g/mol. The van der Waals surface area contributed by atoms with Crippen LogP contribution in [0.4, 0.5) is 0 Å². The van der Waals surface area contributed by atoms with Gasteiger partial charge in [-0.05, 0) is 31.4 Å². The second kappa shape index (κ2) is 7.84. The first-order valence-corrected chi connectivity index (χ1v) is 9.52. The van der Waals surface area contributed by atoms with Crippen molar-refractivity contribution in [1.29, 1.82) is 0 Å². The Kier molecular flexibility index (Phi) is 6.43. The zero-order valence-corrected chi connectivity index (χ0v) is 14.0. The van der Waals surface area contributed by atoms with E-state index >= 15 is 0 Å². The predicted molar refractivity (Wildman–Crippen MR) is 88.1 cm³/mol. The van der Waals surface area contributed by atoms with E-state index in [-0.39, 0.29) is 0 Å². The molecule has 1 fully saturated rings. The summed E-state index contributed by atoms with van der Waals surface area (Å²) in [6.07, 6.45) is 5.60. The fourth-order valence-corrected chi connectivity index (χ4v) is 5.73. The van der Waals surface area contributed by atoms with E-state index in [9.17, 15) is 0 Å². The molecule has 0 aromatic heterocycles. The van der Waals surface area contributed by atoms with Gasteiger partial charge in [0.2, 0.25) is 0 Å². The van der Waals surface area contributed by atoms with Gasteiger partial charge in [0, 0.05) is 27.5 Å². The lowest BCUT2D eigenvalue weighted by Crippen LogP contribution is -2.45. The molecule has 0 bridgehead atoms. The molecular formula is C15H27NOS2. The van der Waals surface area contributed by atoms with E-state index in [1.165, 1.54) is 30.6 Å². The molecule has 2 aliphatic heterocycles. The van der Waals surface area contributed by atoms with Crippen molar-refractivity contribution in [3.63, 3.8) is 0 Å². The molecule has 19 heavy (non-hydrogen) atoms. The van der Waals surface area contributed by atoms with Gasteiger partial charge in [-0.1, -0.05) is 20.8 Å². The van der Waals surface area contributed by atoms with Gasteiger partial charge < -0.3 is 10.1 Å². The first kappa shape index (κ1) is 15.6. The van der Waals surface area contributed by atoms with Gasteiger partial charge in [0.05, 0.1) is 12.9 Å². The minimum absolute atomic E-state index is 0.507. The van der Waals surface area contributed by atoms with E-state index in [0.29, 0.717) is 11.3 Å². The fourth-order valence-electron chi connectivity index (χ4n) is 2.60. The molecule has 4 unspecified atom stereocenters. The van der Waals surface area contributed by atoms with Crippen molar-refractivity contribution in [2.75, 3.05) is 18.9 Å². The largest absolute Gasteiger partial charge is 0.501 e. The van der Waals surface area contributed by atoms with Crippen molar-refractivity contribution in [1.82, 2.24) is 5.32 Å². The van der Waals surface area contributed by atoms with E-state index in [0.717, 1.165) is 23.7 Å². The zero-order chi connectivity index (χ0) is 13.7. The first-order chi connectivity index (χ1) is 9.22. The van der Waals surface area contributed by atoms with E-state index in [1.807, 2.05) is 6.26 Å². The Morgan fingerprint density at radius 3 is 2.89 bits per heavy atom. The van der Waals surface area contributed by atoms with Gasteiger partial charge in [-0.25, -0.2) is 0 Å². The SMILES string of the molecule is CCCNC(C1=COCCC1)C1CSC(C)C(C)S1. The molecule has 0 saturated carbocycles. The zero-order valence-electron chi connectivity index (χ0n) is 12.4. The highest BCUT2D eigenvalue weighted by Gasteiger charge is 2.33. The molecule has 4 atom stereocenters. The summed E-state index contributed by atoms with van der Waals surface area (Å²) in [4.78, 5) is 0. The molecule has 0 aromatic carbocycles. The van der Waals surface area contributed by atoms with Crippen LogP contribution < -0.4 is 5.32 Å². The summed E-state index contributed by atoms with van der Waals surface area (Å²) in [6.45, 7) is 8.97. The molecule has 0 aliphatic carbocycles. The van der Waals surface area contributed by atoms with Gasteiger partial charge in [0.25, 0.3) is 0 Å². The second-order valence-corrected chi connectivity index (χ2v) is 8.55. The number of hydrogen-bond donors (Lipinski definition) is 1. The lowest BCUT2D eigenvalue weighted by Gasteiger charge is -2.38. The number of thioether (sulfide) groups is 2. The minimum Gasteiger partial charge on any atom is -0.501 e. The summed E-state index contributed by atoms with van der Waals surface area (Å²) in [5.41, 5.74) is 1.49. The maximum atomic E-state index is 5.56. The van der Waals surface area contributed by atoms with Crippen LogP contribution in [0.2, 0.25) is 0 Å². The molecule has 1 N–H and O–H groups in total. The predicted octanol–water partition coefficient (Wildman–Crippen LogP) is 3.67. The van der Waals surface area contributed by atoms with E-state index in [4.69, 9.17) is 4.74 Å². The molecule has 0 spiro atoms. The monoisotopic (exact) mass is 301 g/mol. The summed E-state index contributed by atoms with van der Waals surface area (Å²) >= 11 is 4.30. The number of nitrogens with one attached hydrogen (secondary N) is 1. The number of ether oxygens (including phenoxy) is 1. The summed E-state index contributed by atoms with van der Waals surface area (Å²) in [6, 6.07) is 0.507. The summed E-state index contributed by atoms with van der Waals surface area (Å²) in [5, 5.41) is 5.98. The summed E-state index contributed by atoms with van der Waals surface area (Å²) in [7, 11) is 0. The second-order valence-electron chi connectivity index (χ2n) is 5.52. The Morgan fingerprint density at radius 2 is 2.26 bits per heavy atom. The Balaban J connectivity index is 2.02. The van der Waals surface area contributed by atoms with Crippen LogP contribution >= 0.6 is 23.5 Å². The molecule has 2 heterocycles. The van der Waals surface area contributed by atoms with Crippen molar-refractivity contribution in [3.8, 4) is 0 Å². The third-order valence-electron chi connectivity index (χ3n) is 3.92. The van der Waals surface area contributed by atoms with Gasteiger partial charge in [0.15, 0.2) is 0 Å². The van der Waals surface area contributed by atoms with Crippen LogP contribution in [0, 0.1) is 0 Å².